The first kappa shape index (κ1) is 18.0. The average Bonchev–Trinajstić information content (AvgIpc) is 2.92. The second-order valence-corrected chi connectivity index (χ2v) is 9.52. The van der Waals surface area contributed by atoms with Crippen LogP contribution >= 0.6 is 0 Å². The van der Waals surface area contributed by atoms with E-state index in [4.69, 9.17) is 4.74 Å². The lowest BCUT2D eigenvalue weighted by Crippen LogP contribution is -2.51. The third-order valence-electron chi connectivity index (χ3n) is 8.39. The highest BCUT2D eigenvalue weighted by molar-refractivity contribution is 5.79. The van der Waals surface area contributed by atoms with Gasteiger partial charge in [0.05, 0.1) is 0 Å². The summed E-state index contributed by atoms with van der Waals surface area (Å²) in [5, 5.41) is 0. The molecule has 0 aliphatic heterocycles. The number of rotatable bonds is 2. The van der Waals surface area contributed by atoms with Crippen molar-refractivity contribution in [2.75, 3.05) is 0 Å². The molecule has 26 heavy (non-hydrogen) atoms. The maximum Gasteiger partial charge on any atom is 0.302 e. The van der Waals surface area contributed by atoms with Crippen molar-refractivity contribution in [3.05, 3.63) is 23.3 Å². The van der Waals surface area contributed by atoms with Gasteiger partial charge in [-0.3, -0.25) is 9.59 Å². The van der Waals surface area contributed by atoms with E-state index < -0.39 is 0 Å². The van der Waals surface area contributed by atoms with Crippen molar-refractivity contribution < 1.29 is 14.3 Å². The predicted molar refractivity (Wildman–Crippen MR) is 101 cm³/mol. The van der Waals surface area contributed by atoms with Gasteiger partial charge in [-0.1, -0.05) is 37.1 Å². The van der Waals surface area contributed by atoms with Crippen LogP contribution in [-0.4, -0.2) is 17.9 Å². The van der Waals surface area contributed by atoms with Crippen LogP contribution in [0.3, 0.4) is 0 Å². The summed E-state index contributed by atoms with van der Waals surface area (Å²) in [6.07, 6.45) is 12.2. The van der Waals surface area contributed by atoms with Gasteiger partial charge in [0.15, 0.2) is 0 Å². The summed E-state index contributed by atoms with van der Waals surface area (Å²) in [4.78, 5) is 24.0. The molecule has 0 aromatic carbocycles. The lowest BCUT2D eigenvalue weighted by atomic mass is 9.50. The number of hydrogen-bond acceptors (Lipinski definition) is 3. The molecule has 0 amide bonds. The van der Waals surface area contributed by atoms with Crippen LogP contribution in [0.1, 0.15) is 72.6 Å². The van der Waals surface area contributed by atoms with E-state index in [1.807, 2.05) is 0 Å². The maximum absolute atomic E-state index is 12.2. The Labute approximate surface area is 157 Å². The third-order valence-corrected chi connectivity index (χ3v) is 8.39. The first-order valence-electron chi connectivity index (χ1n) is 10.4. The van der Waals surface area contributed by atoms with Gasteiger partial charge in [-0.05, 0) is 69.1 Å². The van der Waals surface area contributed by atoms with Gasteiger partial charge in [-0.15, -0.1) is 0 Å². The molecule has 4 aliphatic rings. The van der Waals surface area contributed by atoms with Gasteiger partial charge in [0, 0.05) is 18.3 Å². The second kappa shape index (κ2) is 6.07. The number of ketones is 1. The van der Waals surface area contributed by atoms with Crippen molar-refractivity contribution >= 4 is 11.8 Å². The molecular weight excluding hydrogens is 324 g/mol. The zero-order valence-electron chi connectivity index (χ0n) is 16.6. The number of carbonyl (C=O) groups excluding carboxylic acids is 2. The van der Waals surface area contributed by atoms with Gasteiger partial charge in [0.25, 0.3) is 0 Å². The van der Waals surface area contributed by atoms with E-state index in [9.17, 15) is 9.59 Å². The number of ether oxygens (including phenoxy) is 1. The zero-order chi connectivity index (χ0) is 18.7. The molecule has 6 atom stereocenters. The van der Waals surface area contributed by atoms with Crippen LogP contribution in [0, 0.1) is 28.6 Å². The molecule has 0 radical (unpaired) electrons. The van der Waals surface area contributed by atoms with Gasteiger partial charge in [-0.25, -0.2) is 0 Å². The van der Waals surface area contributed by atoms with E-state index in [0.29, 0.717) is 17.6 Å². The molecule has 3 saturated carbocycles. The lowest BCUT2D eigenvalue weighted by molar-refractivity contribution is -0.156. The minimum atomic E-state index is -0.160. The van der Waals surface area contributed by atoms with Crippen LogP contribution in [-0.2, 0) is 14.3 Å². The van der Waals surface area contributed by atoms with Crippen molar-refractivity contribution in [2.45, 2.75) is 78.7 Å². The summed E-state index contributed by atoms with van der Waals surface area (Å²) in [5.74, 6) is 1.37. The highest BCUT2D eigenvalue weighted by Crippen LogP contribution is 2.65. The molecule has 0 saturated heterocycles. The Morgan fingerprint density at radius 1 is 1.04 bits per heavy atom. The second-order valence-electron chi connectivity index (χ2n) is 9.52. The van der Waals surface area contributed by atoms with Crippen LogP contribution in [0.25, 0.3) is 0 Å². The van der Waals surface area contributed by atoms with E-state index in [1.54, 1.807) is 6.92 Å². The molecule has 0 aromatic rings. The monoisotopic (exact) mass is 356 g/mol. The smallest absolute Gasteiger partial charge is 0.302 e. The zero-order valence-corrected chi connectivity index (χ0v) is 16.6. The van der Waals surface area contributed by atoms with Gasteiger partial charge >= 0.3 is 5.97 Å². The molecule has 3 nitrogen and oxygen atoms in total. The van der Waals surface area contributed by atoms with Crippen molar-refractivity contribution in [2.24, 2.45) is 28.6 Å². The molecule has 0 aromatic heterocycles. The first-order chi connectivity index (χ1) is 12.3. The normalized spacial score (nSPS) is 44.2. The molecule has 3 fully saturated rings. The predicted octanol–water partition coefficient (Wildman–Crippen LogP) is 5.01. The molecule has 4 rings (SSSR count). The fraction of sp³-hybridized carbons (Fsp3) is 0.739. The minimum Gasteiger partial charge on any atom is -0.462 e. The average molecular weight is 357 g/mol. The van der Waals surface area contributed by atoms with Crippen LogP contribution in [0.2, 0.25) is 0 Å². The van der Waals surface area contributed by atoms with Crippen LogP contribution < -0.4 is 0 Å². The number of Topliss-reactive ketones (excluding diaryl/α,β-unsaturated/α-hetero) is 1. The van der Waals surface area contributed by atoms with Crippen LogP contribution in [0.15, 0.2) is 23.3 Å². The number of esters is 1. The molecule has 3 heteroatoms. The van der Waals surface area contributed by atoms with Crippen molar-refractivity contribution in [3.8, 4) is 0 Å². The van der Waals surface area contributed by atoms with Crippen molar-refractivity contribution in [1.82, 2.24) is 0 Å². The van der Waals surface area contributed by atoms with E-state index in [-0.39, 0.29) is 28.8 Å². The number of carbonyl (C=O) groups is 2. The van der Waals surface area contributed by atoms with Crippen LogP contribution in [0.4, 0.5) is 0 Å². The molecule has 1 unspecified atom stereocenters. The van der Waals surface area contributed by atoms with E-state index in [1.165, 1.54) is 18.1 Å². The SMILES string of the molecule is CC(=O)OC1CCCC2=CC=C3[C@@H]4CC[C@H](C(C)=O)[C@@]4(C)CC[C@@H]3[C@]21C. The van der Waals surface area contributed by atoms with Crippen molar-refractivity contribution in [1.29, 1.82) is 0 Å². The number of fused-ring (bicyclic) bond motifs is 5. The molecule has 4 aliphatic carbocycles. The highest BCUT2D eigenvalue weighted by Gasteiger charge is 2.59. The fourth-order valence-corrected chi connectivity index (χ4v) is 7.09. The molecule has 0 heterocycles. The maximum atomic E-state index is 12.2. The summed E-state index contributed by atoms with van der Waals surface area (Å²) in [6.45, 7) is 7.99. The number of allylic oxidation sites excluding steroid dienone is 3. The molecule has 0 spiro atoms. The Bertz CT molecular complexity index is 702. The Morgan fingerprint density at radius 2 is 1.81 bits per heavy atom. The Hall–Kier alpha value is -1.38. The number of hydrogen-bond donors (Lipinski definition) is 0. The van der Waals surface area contributed by atoms with Gasteiger partial charge in [0.1, 0.15) is 11.9 Å². The Kier molecular flexibility index (Phi) is 4.20. The van der Waals surface area contributed by atoms with E-state index in [0.717, 1.165) is 44.9 Å². The van der Waals surface area contributed by atoms with E-state index >= 15 is 0 Å². The van der Waals surface area contributed by atoms with Gasteiger partial charge in [-0.2, -0.15) is 0 Å². The van der Waals surface area contributed by atoms with Gasteiger partial charge in [0.2, 0.25) is 0 Å². The van der Waals surface area contributed by atoms with Gasteiger partial charge < -0.3 is 4.74 Å². The summed E-state index contributed by atoms with van der Waals surface area (Å²) < 4.78 is 5.85. The molecule has 0 bridgehead atoms. The topological polar surface area (TPSA) is 43.4 Å². The minimum absolute atomic E-state index is 0.0111. The standard InChI is InChI=1S/C23H32O3/c1-14(24)18-10-11-19-17-9-8-16-6-5-7-21(26-15(2)25)23(16,4)20(17)12-13-22(18,19)3/h8-9,18-21H,5-7,10-13H2,1-4H3/t18-,19+,20+,21?,22-,23+/m1/s1. The molecular formula is C23H32O3. The van der Waals surface area contributed by atoms with Crippen molar-refractivity contribution in [3.63, 3.8) is 0 Å². The third kappa shape index (κ3) is 2.38. The summed E-state index contributed by atoms with van der Waals surface area (Å²) in [6, 6.07) is 0. The highest BCUT2D eigenvalue weighted by atomic mass is 16.5. The first-order valence-corrected chi connectivity index (χ1v) is 10.4. The quantitative estimate of drug-likeness (QED) is 0.654. The largest absolute Gasteiger partial charge is 0.462 e. The summed E-state index contributed by atoms with van der Waals surface area (Å²) >= 11 is 0. The summed E-state index contributed by atoms with van der Waals surface area (Å²) in [7, 11) is 0. The van der Waals surface area contributed by atoms with Crippen LogP contribution in [0.5, 0.6) is 0 Å². The van der Waals surface area contributed by atoms with E-state index in [2.05, 4.69) is 26.0 Å². The lowest BCUT2D eigenvalue weighted by Gasteiger charge is -2.56. The fourth-order valence-electron chi connectivity index (χ4n) is 7.09. The Morgan fingerprint density at radius 3 is 2.50 bits per heavy atom. The Balaban J connectivity index is 1.72. The molecule has 0 N–H and O–H groups in total. The molecule has 142 valence electrons. The summed E-state index contributed by atoms with van der Waals surface area (Å²) in [5.41, 5.74) is 3.05.